The van der Waals surface area contributed by atoms with Gasteiger partial charge in [-0.15, -0.1) is 0 Å². The molecule has 0 spiro atoms. The second-order valence-corrected chi connectivity index (χ2v) is 6.38. The van der Waals surface area contributed by atoms with Gasteiger partial charge in [-0.25, -0.2) is 0 Å². The average molecular weight is 276 g/mol. The zero-order valence-electron chi connectivity index (χ0n) is 10.6. The van der Waals surface area contributed by atoms with Gasteiger partial charge < -0.3 is 9.84 Å². The Morgan fingerprint density at radius 1 is 1.28 bits per heavy atom. The zero-order valence-corrected chi connectivity index (χ0v) is 11.4. The van der Waals surface area contributed by atoms with E-state index in [2.05, 4.69) is 6.92 Å². The Labute approximate surface area is 109 Å². The van der Waals surface area contributed by atoms with Crippen LogP contribution in [0.2, 0.25) is 0 Å². The Kier molecular flexibility index (Phi) is 6.32. The Morgan fingerprint density at radius 3 is 2.44 bits per heavy atom. The SMILES string of the molecule is CC1CCC(OC(=O)CS(=O)CCC(=O)O)CC1. The summed E-state index contributed by atoms with van der Waals surface area (Å²) in [7, 11) is -1.44. The average Bonchev–Trinajstić information content (AvgIpc) is 2.29. The first-order valence-corrected chi connectivity index (χ1v) is 7.72. The highest BCUT2D eigenvalue weighted by molar-refractivity contribution is 7.85. The second kappa shape index (κ2) is 7.51. The van der Waals surface area contributed by atoms with E-state index in [-0.39, 0.29) is 24.0 Å². The van der Waals surface area contributed by atoms with Gasteiger partial charge in [-0.1, -0.05) is 6.92 Å². The van der Waals surface area contributed by atoms with Crippen LogP contribution in [0.25, 0.3) is 0 Å². The molecule has 0 saturated heterocycles. The minimum absolute atomic E-state index is 0.00609. The number of hydrogen-bond acceptors (Lipinski definition) is 4. The van der Waals surface area contributed by atoms with Gasteiger partial charge in [0, 0.05) is 16.6 Å². The minimum Gasteiger partial charge on any atom is -0.481 e. The Balaban J connectivity index is 2.20. The molecule has 18 heavy (non-hydrogen) atoms. The standard InChI is InChI=1S/C12H20O5S/c1-9-2-4-10(5-3-9)17-12(15)8-18(16)7-6-11(13)14/h9-10H,2-8H2,1H3,(H,13,14). The van der Waals surface area contributed by atoms with Crippen molar-refractivity contribution in [2.75, 3.05) is 11.5 Å². The summed E-state index contributed by atoms with van der Waals surface area (Å²) in [5.74, 6) is -0.980. The second-order valence-electron chi connectivity index (χ2n) is 4.80. The first-order chi connectivity index (χ1) is 8.47. The van der Waals surface area contributed by atoms with Gasteiger partial charge in [0.1, 0.15) is 11.9 Å². The smallest absolute Gasteiger partial charge is 0.318 e. The maximum absolute atomic E-state index is 11.5. The van der Waals surface area contributed by atoms with Gasteiger partial charge in [-0.05, 0) is 31.6 Å². The summed E-state index contributed by atoms with van der Waals surface area (Å²) in [4.78, 5) is 21.8. The zero-order chi connectivity index (χ0) is 13.5. The van der Waals surface area contributed by atoms with Crippen molar-refractivity contribution in [1.82, 2.24) is 0 Å². The van der Waals surface area contributed by atoms with Crippen LogP contribution in [0.3, 0.4) is 0 Å². The van der Waals surface area contributed by atoms with E-state index >= 15 is 0 Å². The summed E-state index contributed by atoms with van der Waals surface area (Å²) in [6, 6.07) is 0. The Bertz CT molecular complexity index is 320. The van der Waals surface area contributed by atoms with Crippen molar-refractivity contribution in [3.8, 4) is 0 Å². The van der Waals surface area contributed by atoms with Gasteiger partial charge >= 0.3 is 11.9 Å². The van der Waals surface area contributed by atoms with E-state index in [1.54, 1.807) is 0 Å². The molecule has 0 aromatic heterocycles. The van der Waals surface area contributed by atoms with E-state index in [0.717, 1.165) is 25.7 Å². The van der Waals surface area contributed by atoms with Crippen molar-refractivity contribution in [1.29, 1.82) is 0 Å². The van der Waals surface area contributed by atoms with Gasteiger partial charge in [0.15, 0.2) is 0 Å². The summed E-state index contributed by atoms with van der Waals surface area (Å²) in [5.41, 5.74) is 0. The number of carboxylic acid groups (broad SMARTS) is 1. The van der Waals surface area contributed by atoms with Crippen LogP contribution in [-0.2, 0) is 25.1 Å². The Hall–Kier alpha value is -0.910. The van der Waals surface area contributed by atoms with Gasteiger partial charge in [0.25, 0.3) is 0 Å². The van der Waals surface area contributed by atoms with Crippen LogP contribution >= 0.6 is 0 Å². The molecule has 6 heteroatoms. The number of rotatable bonds is 6. The van der Waals surface area contributed by atoms with Crippen LogP contribution in [0, 0.1) is 5.92 Å². The normalized spacial score (nSPS) is 25.4. The van der Waals surface area contributed by atoms with Crippen molar-refractivity contribution in [2.24, 2.45) is 5.92 Å². The molecule has 1 aliphatic rings. The summed E-state index contributed by atoms with van der Waals surface area (Å²) >= 11 is 0. The van der Waals surface area contributed by atoms with Crippen molar-refractivity contribution < 1.29 is 23.6 Å². The molecule has 0 aliphatic heterocycles. The van der Waals surface area contributed by atoms with Crippen molar-refractivity contribution in [3.05, 3.63) is 0 Å². The first kappa shape index (κ1) is 15.1. The van der Waals surface area contributed by atoms with Crippen molar-refractivity contribution >= 4 is 22.7 Å². The molecule has 0 radical (unpaired) electrons. The molecule has 0 amide bonds. The lowest BCUT2D eigenvalue weighted by molar-refractivity contribution is -0.147. The molecule has 1 N–H and O–H groups in total. The molecular formula is C12H20O5S. The fourth-order valence-corrected chi connectivity index (χ4v) is 2.85. The quantitative estimate of drug-likeness (QED) is 0.740. The fourth-order valence-electron chi connectivity index (χ4n) is 1.97. The monoisotopic (exact) mass is 276 g/mol. The number of carboxylic acids is 1. The third-order valence-corrected chi connectivity index (χ3v) is 4.30. The molecule has 1 atom stereocenters. The molecular weight excluding hydrogens is 256 g/mol. The van der Waals surface area contributed by atoms with E-state index in [4.69, 9.17) is 9.84 Å². The van der Waals surface area contributed by atoms with Crippen LogP contribution < -0.4 is 0 Å². The van der Waals surface area contributed by atoms with Gasteiger partial charge in [0.2, 0.25) is 0 Å². The number of carbonyl (C=O) groups is 2. The molecule has 104 valence electrons. The van der Waals surface area contributed by atoms with E-state index in [1.807, 2.05) is 0 Å². The topological polar surface area (TPSA) is 80.7 Å². The maximum atomic E-state index is 11.5. The fraction of sp³-hybridized carbons (Fsp3) is 0.833. The van der Waals surface area contributed by atoms with Crippen LogP contribution in [-0.4, -0.2) is 38.9 Å². The third kappa shape index (κ3) is 6.14. The lowest BCUT2D eigenvalue weighted by Gasteiger charge is -2.25. The molecule has 0 aromatic rings. The molecule has 1 rings (SSSR count). The maximum Gasteiger partial charge on any atom is 0.318 e. The number of ether oxygens (including phenoxy) is 1. The number of hydrogen-bond donors (Lipinski definition) is 1. The molecule has 1 fully saturated rings. The van der Waals surface area contributed by atoms with Gasteiger partial charge in [-0.3, -0.25) is 13.8 Å². The first-order valence-electron chi connectivity index (χ1n) is 6.23. The van der Waals surface area contributed by atoms with Gasteiger partial charge in [0.05, 0.1) is 6.42 Å². The highest BCUT2D eigenvalue weighted by atomic mass is 32.2. The Morgan fingerprint density at radius 2 is 1.89 bits per heavy atom. The highest BCUT2D eigenvalue weighted by Crippen LogP contribution is 2.25. The lowest BCUT2D eigenvalue weighted by atomic mass is 9.89. The molecule has 0 bridgehead atoms. The van der Waals surface area contributed by atoms with E-state index in [0.29, 0.717) is 5.92 Å². The summed E-state index contributed by atoms with van der Waals surface area (Å²) in [6.07, 6.45) is 3.62. The van der Waals surface area contributed by atoms with E-state index in [1.165, 1.54) is 0 Å². The largest absolute Gasteiger partial charge is 0.481 e. The molecule has 1 saturated carbocycles. The van der Waals surface area contributed by atoms with Gasteiger partial charge in [-0.2, -0.15) is 0 Å². The molecule has 0 heterocycles. The highest BCUT2D eigenvalue weighted by Gasteiger charge is 2.22. The lowest BCUT2D eigenvalue weighted by Crippen LogP contribution is -2.26. The minimum atomic E-state index is -1.44. The summed E-state index contributed by atoms with van der Waals surface area (Å²) in [6.45, 7) is 2.18. The summed E-state index contributed by atoms with van der Waals surface area (Å²) in [5, 5.41) is 8.43. The van der Waals surface area contributed by atoms with Crippen molar-refractivity contribution in [2.45, 2.75) is 45.1 Å². The van der Waals surface area contributed by atoms with Crippen LogP contribution in [0.15, 0.2) is 0 Å². The predicted octanol–water partition coefficient (Wildman–Crippen LogP) is 1.33. The van der Waals surface area contributed by atoms with Crippen LogP contribution in [0.5, 0.6) is 0 Å². The number of esters is 1. The molecule has 1 unspecified atom stereocenters. The predicted molar refractivity (Wildman–Crippen MR) is 67.6 cm³/mol. The van der Waals surface area contributed by atoms with Crippen LogP contribution in [0.4, 0.5) is 0 Å². The van der Waals surface area contributed by atoms with Crippen molar-refractivity contribution in [3.63, 3.8) is 0 Å². The molecule has 1 aliphatic carbocycles. The summed E-state index contributed by atoms with van der Waals surface area (Å²) < 4.78 is 16.6. The third-order valence-electron chi connectivity index (χ3n) is 3.08. The number of carbonyl (C=O) groups excluding carboxylic acids is 1. The number of aliphatic carboxylic acids is 1. The van der Waals surface area contributed by atoms with E-state index < -0.39 is 22.7 Å². The molecule has 0 aromatic carbocycles. The molecule has 5 nitrogen and oxygen atoms in total. The van der Waals surface area contributed by atoms with Crippen LogP contribution in [0.1, 0.15) is 39.0 Å². The van der Waals surface area contributed by atoms with E-state index in [9.17, 15) is 13.8 Å².